The van der Waals surface area contributed by atoms with Gasteiger partial charge in [0.1, 0.15) is 6.04 Å². The van der Waals surface area contributed by atoms with Crippen LogP contribution in [0.3, 0.4) is 0 Å². The molecular weight excluding hydrogens is 430 g/mol. The maximum absolute atomic E-state index is 13.0. The molecule has 3 amide bonds. The normalized spacial score (nSPS) is 18.8. The average molecular weight is 456 g/mol. The number of carbonyl (C=O) groups is 3. The van der Waals surface area contributed by atoms with Crippen LogP contribution in [0.2, 0.25) is 0 Å². The number of sulfonamides is 1. The number of Topliss-reactive ketones (excluding diaryl/α,β-unsaturated/α-hetero) is 1. The Morgan fingerprint density at radius 3 is 2.44 bits per heavy atom. The van der Waals surface area contributed by atoms with Crippen molar-refractivity contribution in [1.29, 1.82) is 0 Å². The number of urea groups is 1. The number of nitrogens with zero attached hydrogens (tertiary/aromatic N) is 3. The van der Waals surface area contributed by atoms with Gasteiger partial charge in [-0.1, -0.05) is 17.7 Å². The molecule has 4 rings (SSSR count). The summed E-state index contributed by atoms with van der Waals surface area (Å²) in [7, 11) is -3.40. The number of aryl methyl sites for hydroxylation is 2. The standard InChI is InChI=1S/C23H25N3O5S/c1-15-6-9-19(10-7-15)26-16(2)22(28)24(23(26)29)14-21(27)18-8-11-20-17(13-18)5-4-12-25(20)32(3,30)31/h6-11,13,16H,4-5,12,14H2,1-3H3. The number of benzene rings is 2. The highest BCUT2D eigenvalue weighted by atomic mass is 32.2. The molecule has 0 bridgehead atoms. The zero-order chi connectivity index (χ0) is 23.2. The van der Waals surface area contributed by atoms with Crippen LogP contribution in [-0.2, 0) is 21.2 Å². The third-order valence-electron chi connectivity index (χ3n) is 5.94. The van der Waals surface area contributed by atoms with Crippen molar-refractivity contribution >= 4 is 39.1 Å². The van der Waals surface area contributed by atoms with Crippen LogP contribution in [0.5, 0.6) is 0 Å². The van der Waals surface area contributed by atoms with Crippen LogP contribution in [-0.4, -0.2) is 56.4 Å². The van der Waals surface area contributed by atoms with Crippen LogP contribution in [0.25, 0.3) is 0 Å². The molecule has 0 radical (unpaired) electrons. The van der Waals surface area contributed by atoms with Crippen molar-refractivity contribution in [2.75, 3.05) is 28.6 Å². The molecule has 1 fully saturated rings. The maximum atomic E-state index is 13.0. The van der Waals surface area contributed by atoms with Gasteiger partial charge in [-0.3, -0.25) is 23.7 Å². The van der Waals surface area contributed by atoms with E-state index in [0.717, 1.165) is 22.3 Å². The molecule has 0 aliphatic carbocycles. The number of fused-ring (bicyclic) bond motifs is 1. The Bertz CT molecular complexity index is 1210. The molecule has 1 unspecified atom stereocenters. The molecule has 1 atom stereocenters. The molecule has 2 aliphatic rings. The Hall–Kier alpha value is -3.20. The Kier molecular flexibility index (Phi) is 5.54. The quantitative estimate of drug-likeness (QED) is 0.510. The summed E-state index contributed by atoms with van der Waals surface area (Å²) in [6, 6.07) is 10.9. The first-order valence-electron chi connectivity index (χ1n) is 10.4. The number of hydrogen-bond donors (Lipinski definition) is 0. The van der Waals surface area contributed by atoms with E-state index in [2.05, 4.69) is 0 Å². The van der Waals surface area contributed by atoms with E-state index >= 15 is 0 Å². The van der Waals surface area contributed by atoms with Crippen molar-refractivity contribution in [2.24, 2.45) is 0 Å². The first kappa shape index (κ1) is 22.0. The molecule has 0 N–H and O–H groups in total. The summed E-state index contributed by atoms with van der Waals surface area (Å²) in [4.78, 5) is 41.1. The van der Waals surface area contributed by atoms with E-state index in [9.17, 15) is 22.8 Å². The first-order chi connectivity index (χ1) is 15.1. The Morgan fingerprint density at radius 2 is 1.78 bits per heavy atom. The van der Waals surface area contributed by atoms with E-state index < -0.39 is 28.0 Å². The predicted octanol–water partition coefficient (Wildman–Crippen LogP) is 2.75. The van der Waals surface area contributed by atoms with E-state index in [0.29, 0.717) is 36.3 Å². The van der Waals surface area contributed by atoms with Gasteiger partial charge in [-0.25, -0.2) is 13.2 Å². The van der Waals surface area contributed by atoms with Gasteiger partial charge in [0.15, 0.2) is 5.78 Å². The van der Waals surface area contributed by atoms with Crippen molar-refractivity contribution in [3.63, 3.8) is 0 Å². The lowest BCUT2D eigenvalue weighted by molar-refractivity contribution is -0.126. The summed E-state index contributed by atoms with van der Waals surface area (Å²) in [5, 5.41) is 0. The van der Waals surface area contributed by atoms with E-state index in [-0.39, 0.29) is 12.3 Å². The fourth-order valence-electron chi connectivity index (χ4n) is 4.23. The third kappa shape index (κ3) is 3.88. The number of hydrogen-bond acceptors (Lipinski definition) is 5. The number of rotatable bonds is 5. The minimum Gasteiger partial charge on any atom is -0.292 e. The molecular formula is C23H25N3O5S. The molecule has 0 saturated carbocycles. The van der Waals surface area contributed by atoms with Gasteiger partial charge in [0.05, 0.1) is 18.5 Å². The lowest BCUT2D eigenvalue weighted by Gasteiger charge is -2.29. The van der Waals surface area contributed by atoms with Crippen LogP contribution < -0.4 is 9.21 Å². The zero-order valence-corrected chi connectivity index (χ0v) is 19.1. The topological polar surface area (TPSA) is 95.1 Å². The van der Waals surface area contributed by atoms with Crippen LogP contribution in [0.1, 0.15) is 34.8 Å². The second-order valence-electron chi connectivity index (χ2n) is 8.29. The van der Waals surface area contributed by atoms with Gasteiger partial charge in [-0.15, -0.1) is 0 Å². The number of anilines is 2. The molecule has 2 aromatic rings. The van der Waals surface area contributed by atoms with Crippen molar-refractivity contribution in [1.82, 2.24) is 4.90 Å². The fourth-order valence-corrected chi connectivity index (χ4v) is 5.22. The van der Waals surface area contributed by atoms with Crippen LogP contribution in [0.4, 0.5) is 16.2 Å². The Labute approximate surface area is 187 Å². The molecule has 2 aromatic carbocycles. The Morgan fingerprint density at radius 1 is 1.09 bits per heavy atom. The van der Waals surface area contributed by atoms with Gasteiger partial charge in [0, 0.05) is 17.8 Å². The molecule has 2 aliphatic heterocycles. The van der Waals surface area contributed by atoms with E-state index in [1.165, 1.54) is 9.21 Å². The summed E-state index contributed by atoms with van der Waals surface area (Å²) in [6.45, 7) is 3.62. The number of amides is 3. The monoisotopic (exact) mass is 455 g/mol. The molecule has 0 aromatic heterocycles. The zero-order valence-electron chi connectivity index (χ0n) is 18.2. The second kappa shape index (κ2) is 8.05. The molecule has 0 spiro atoms. The molecule has 168 valence electrons. The van der Waals surface area contributed by atoms with E-state index in [4.69, 9.17) is 0 Å². The van der Waals surface area contributed by atoms with Crippen molar-refractivity contribution in [3.8, 4) is 0 Å². The maximum Gasteiger partial charge on any atom is 0.332 e. The van der Waals surface area contributed by atoms with Gasteiger partial charge >= 0.3 is 6.03 Å². The lowest BCUT2D eigenvalue weighted by atomic mass is 9.99. The van der Waals surface area contributed by atoms with Gasteiger partial charge < -0.3 is 0 Å². The van der Waals surface area contributed by atoms with Crippen LogP contribution in [0.15, 0.2) is 42.5 Å². The number of imide groups is 1. The number of carbonyl (C=O) groups excluding carboxylic acids is 3. The van der Waals surface area contributed by atoms with E-state index in [1.807, 2.05) is 19.1 Å². The summed E-state index contributed by atoms with van der Waals surface area (Å²) in [6.07, 6.45) is 2.47. The molecule has 32 heavy (non-hydrogen) atoms. The van der Waals surface area contributed by atoms with Gasteiger partial charge in [-0.05, 0) is 62.6 Å². The van der Waals surface area contributed by atoms with Crippen molar-refractivity contribution in [2.45, 2.75) is 32.7 Å². The minimum absolute atomic E-state index is 0.348. The van der Waals surface area contributed by atoms with Gasteiger partial charge in [-0.2, -0.15) is 0 Å². The molecule has 8 nitrogen and oxygen atoms in total. The number of ketones is 1. The SMILES string of the molecule is Cc1ccc(N2C(=O)N(CC(=O)c3ccc4c(c3)CCCN4S(C)(=O)=O)C(=O)C2C)cc1. The highest BCUT2D eigenvalue weighted by Crippen LogP contribution is 2.31. The van der Waals surface area contributed by atoms with E-state index in [1.54, 1.807) is 37.3 Å². The highest BCUT2D eigenvalue weighted by Gasteiger charge is 2.44. The van der Waals surface area contributed by atoms with Crippen LogP contribution >= 0.6 is 0 Å². The minimum atomic E-state index is -3.40. The van der Waals surface area contributed by atoms with Gasteiger partial charge in [0.2, 0.25) is 10.0 Å². The third-order valence-corrected chi connectivity index (χ3v) is 7.12. The predicted molar refractivity (Wildman–Crippen MR) is 122 cm³/mol. The van der Waals surface area contributed by atoms with Crippen molar-refractivity contribution in [3.05, 3.63) is 59.2 Å². The smallest absolute Gasteiger partial charge is 0.292 e. The summed E-state index contributed by atoms with van der Waals surface area (Å²) in [5.41, 5.74) is 3.32. The van der Waals surface area contributed by atoms with Crippen molar-refractivity contribution < 1.29 is 22.8 Å². The molecule has 9 heteroatoms. The average Bonchev–Trinajstić information content (AvgIpc) is 2.96. The highest BCUT2D eigenvalue weighted by molar-refractivity contribution is 7.92. The first-order valence-corrected chi connectivity index (χ1v) is 12.3. The second-order valence-corrected chi connectivity index (χ2v) is 10.2. The molecule has 2 heterocycles. The summed E-state index contributed by atoms with van der Waals surface area (Å²) < 4.78 is 25.4. The molecule has 1 saturated heterocycles. The lowest BCUT2D eigenvalue weighted by Crippen LogP contribution is -2.37. The summed E-state index contributed by atoms with van der Waals surface area (Å²) in [5.74, 6) is -0.797. The largest absolute Gasteiger partial charge is 0.332 e. The van der Waals surface area contributed by atoms with Gasteiger partial charge in [0.25, 0.3) is 5.91 Å². The summed E-state index contributed by atoms with van der Waals surface area (Å²) >= 11 is 0. The fraction of sp³-hybridized carbons (Fsp3) is 0.348. The Balaban J connectivity index is 1.56. The van der Waals surface area contributed by atoms with Crippen LogP contribution in [0, 0.1) is 6.92 Å².